The van der Waals surface area contributed by atoms with Crippen LogP contribution in [0.25, 0.3) is 0 Å². The maximum atomic E-state index is 5.50. The summed E-state index contributed by atoms with van der Waals surface area (Å²) in [7, 11) is 0. The molecule has 1 aliphatic rings. The van der Waals surface area contributed by atoms with Crippen molar-refractivity contribution >= 4 is 0 Å². The van der Waals surface area contributed by atoms with Crippen LogP contribution in [0.15, 0.2) is 17.7 Å². The fourth-order valence-electron chi connectivity index (χ4n) is 0.830. The van der Waals surface area contributed by atoms with Gasteiger partial charge >= 0.3 is 0 Å². The number of allylic oxidation sites excluding steroid dienone is 2. The minimum Gasteiger partial charge on any atom is -0.0956 e. The van der Waals surface area contributed by atoms with Gasteiger partial charge < -0.3 is 0 Å². The smallest absolute Gasteiger partial charge is 0.0273 e. The fourth-order valence-corrected chi connectivity index (χ4v) is 0.830. The van der Waals surface area contributed by atoms with Gasteiger partial charge in [0.15, 0.2) is 0 Å². The van der Waals surface area contributed by atoms with Gasteiger partial charge in [0.1, 0.15) is 0 Å². The van der Waals surface area contributed by atoms with Gasteiger partial charge in [-0.05, 0) is 24.8 Å². The van der Waals surface area contributed by atoms with Crippen molar-refractivity contribution in [3.63, 3.8) is 0 Å². The Kier molecular flexibility index (Phi) is 1.01. The van der Waals surface area contributed by atoms with Gasteiger partial charge in [-0.15, -0.1) is 0 Å². The first-order valence-electron chi connectivity index (χ1n) is 2.60. The molecule has 0 N–H and O–H groups in total. The molecule has 0 aromatic heterocycles. The summed E-state index contributed by atoms with van der Waals surface area (Å²) in [6, 6.07) is 0. The van der Waals surface area contributed by atoms with Crippen molar-refractivity contribution in [2.45, 2.75) is 19.3 Å². The molecule has 0 bridgehead atoms. The molecule has 0 unspecified atom stereocenters. The van der Waals surface area contributed by atoms with E-state index in [-0.39, 0.29) is 0 Å². The molecular formula is C7H9. The van der Waals surface area contributed by atoms with Gasteiger partial charge in [-0.3, -0.25) is 0 Å². The molecule has 0 nitrogen and oxygen atoms in total. The molecule has 37 valence electrons. The second-order valence-electron chi connectivity index (χ2n) is 1.98. The molecule has 7 heavy (non-hydrogen) atoms. The van der Waals surface area contributed by atoms with Crippen LogP contribution < -0.4 is 0 Å². The second kappa shape index (κ2) is 1.53. The Morgan fingerprint density at radius 2 is 2.14 bits per heavy atom. The van der Waals surface area contributed by atoms with E-state index in [1.807, 2.05) is 0 Å². The summed E-state index contributed by atoms with van der Waals surface area (Å²) >= 11 is 0. The van der Waals surface area contributed by atoms with Crippen LogP contribution in [-0.2, 0) is 0 Å². The Hall–Kier alpha value is -0.520. The number of rotatable bonds is 0. The first kappa shape index (κ1) is 4.63. The Balaban J connectivity index is 2.65. The van der Waals surface area contributed by atoms with Gasteiger partial charge in [0.25, 0.3) is 0 Å². The third kappa shape index (κ3) is 0.738. The highest BCUT2D eigenvalue weighted by atomic mass is 14.1. The molecule has 0 amide bonds. The average molecular weight is 93.1 g/mol. The largest absolute Gasteiger partial charge is 0.0956 e. The van der Waals surface area contributed by atoms with E-state index in [4.69, 9.17) is 6.58 Å². The van der Waals surface area contributed by atoms with E-state index < -0.39 is 0 Å². The van der Waals surface area contributed by atoms with Crippen molar-refractivity contribution in [1.82, 2.24) is 0 Å². The molecule has 1 radical (unpaired) electrons. The molecule has 0 atom stereocenters. The molecule has 0 heterocycles. The Morgan fingerprint density at radius 1 is 1.43 bits per heavy atom. The van der Waals surface area contributed by atoms with Crippen molar-refractivity contribution < 1.29 is 0 Å². The third-order valence-electron chi connectivity index (χ3n) is 1.38. The summed E-state index contributed by atoms with van der Waals surface area (Å²) in [6.45, 7) is 9.27. The summed E-state index contributed by atoms with van der Waals surface area (Å²) < 4.78 is 0. The summed E-state index contributed by atoms with van der Waals surface area (Å²) in [5, 5.41) is 0. The van der Waals surface area contributed by atoms with E-state index in [0.29, 0.717) is 0 Å². The van der Waals surface area contributed by atoms with E-state index in [1.54, 1.807) is 0 Å². The Bertz CT molecular complexity index is 95.2. The molecule has 0 spiro atoms. The monoisotopic (exact) mass is 93.1 g/mol. The number of hydrogen-bond acceptors (Lipinski definition) is 0. The predicted molar refractivity (Wildman–Crippen MR) is 30.8 cm³/mol. The van der Waals surface area contributed by atoms with Crippen LogP contribution in [0, 0.1) is 6.58 Å². The quantitative estimate of drug-likeness (QED) is 0.430. The Labute approximate surface area is 44.5 Å². The molecule has 1 aliphatic carbocycles. The lowest BCUT2D eigenvalue weighted by atomic mass is 10.2. The van der Waals surface area contributed by atoms with E-state index in [9.17, 15) is 0 Å². The highest BCUT2D eigenvalue weighted by molar-refractivity contribution is 5.27. The predicted octanol–water partition coefficient (Wildman–Crippen LogP) is 2.09. The van der Waals surface area contributed by atoms with E-state index in [2.05, 4.69) is 6.58 Å². The van der Waals surface area contributed by atoms with Crippen LogP contribution in [0.2, 0.25) is 0 Å². The normalized spacial score (nSPS) is 21.1. The van der Waals surface area contributed by atoms with Crippen molar-refractivity contribution in [1.29, 1.82) is 0 Å². The van der Waals surface area contributed by atoms with Crippen molar-refractivity contribution in [3.8, 4) is 0 Å². The van der Waals surface area contributed by atoms with Crippen LogP contribution in [0.5, 0.6) is 0 Å². The molecule has 1 fully saturated rings. The lowest BCUT2D eigenvalue weighted by molar-refractivity contribution is 0.934. The summed E-state index contributed by atoms with van der Waals surface area (Å²) in [5.41, 5.74) is 2.17. The Morgan fingerprint density at radius 3 is 2.29 bits per heavy atom. The van der Waals surface area contributed by atoms with E-state index in [1.165, 1.54) is 6.42 Å². The molecule has 0 heteroatoms. The highest BCUT2D eigenvalue weighted by Gasteiger charge is 2.06. The van der Waals surface area contributed by atoms with Crippen LogP contribution in [0.1, 0.15) is 19.3 Å². The van der Waals surface area contributed by atoms with E-state index in [0.717, 1.165) is 24.0 Å². The van der Waals surface area contributed by atoms with Gasteiger partial charge in [0.05, 0.1) is 0 Å². The highest BCUT2D eigenvalue weighted by Crippen LogP contribution is 2.26. The first-order valence-corrected chi connectivity index (χ1v) is 2.60. The van der Waals surface area contributed by atoms with Crippen LogP contribution in [-0.4, -0.2) is 0 Å². The lowest BCUT2D eigenvalue weighted by Crippen LogP contribution is -1.67. The SMILES string of the molecule is [CH]=C1CCCC1=C. The van der Waals surface area contributed by atoms with Gasteiger partial charge in [-0.1, -0.05) is 18.7 Å². The topological polar surface area (TPSA) is 0 Å². The molecule has 0 aromatic rings. The van der Waals surface area contributed by atoms with Gasteiger partial charge in [0.2, 0.25) is 0 Å². The third-order valence-corrected chi connectivity index (χ3v) is 1.38. The molecular weight excluding hydrogens is 84.1 g/mol. The zero-order valence-electron chi connectivity index (χ0n) is 4.41. The minimum absolute atomic E-state index is 1.01. The standard InChI is InChI=1S/C7H9/c1-6-4-3-5-7(6)2/h1H,2-5H2. The molecule has 0 saturated heterocycles. The number of hydrogen-bond donors (Lipinski definition) is 0. The van der Waals surface area contributed by atoms with Crippen molar-refractivity contribution in [3.05, 3.63) is 24.3 Å². The first-order chi connectivity index (χ1) is 3.30. The van der Waals surface area contributed by atoms with Gasteiger partial charge in [0, 0.05) is 0 Å². The summed E-state index contributed by atoms with van der Waals surface area (Å²) in [4.78, 5) is 0. The van der Waals surface area contributed by atoms with Crippen LogP contribution in [0.4, 0.5) is 0 Å². The van der Waals surface area contributed by atoms with Crippen molar-refractivity contribution in [2.75, 3.05) is 0 Å². The fraction of sp³-hybridized carbons (Fsp3) is 0.429. The minimum atomic E-state index is 1.01. The summed E-state index contributed by atoms with van der Waals surface area (Å²) in [6.07, 6.45) is 3.40. The zero-order valence-corrected chi connectivity index (χ0v) is 4.41. The molecule has 0 aromatic carbocycles. The van der Waals surface area contributed by atoms with Crippen molar-refractivity contribution in [2.24, 2.45) is 0 Å². The van der Waals surface area contributed by atoms with E-state index >= 15 is 0 Å². The summed E-state index contributed by atoms with van der Waals surface area (Å²) in [5.74, 6) is 0. The lowest BCUT2D eigenvalue weighted by Gasteiger charge is -1.87. The second-order valence-corrected chi connectivity index (χ2v) is 1.98. The van der Waals surface area contributed by atoms with Gasteiger partial charge in [-0.25, -0.2) is 0 Å². The maximum Gasteiger partial charge on any atom is -0.0273 e. The van der Waals surface area contributed by atoms with Crippen LogP contribution in [0.3, 0.4) is 0 Å². The van der Waals surface area contributed by atoms with Gasteiger partial charge in [-0.2, -0.15) is 0 Å². The van der Waals surface area contributed by atoms with Crippen LogP contribution >= 0.6 is 0 Å². The zero-order chi connectivity index (χ0) is 5.28. The maximum absolute atomic E-state index is 5.50. The molecule has 1 rings (SSSR count). The average Bonchev–Trinajstić information content (AvgIpc) is 1.91. The molecule has 1 saturated carbocycles. The molecule has 0 aliphatic heterocycles.